The number of hydrogen-bond donors (Lipinski definition) is 0. The van der Waals surface area contributed by atoms with Gasteiger partial charge in [-0.25, -0.2) is 13.4 Å². The molecule has 0 saturated heterocycles. The molecule has 0 aliphatic carbocycles. The minimum atomic E-state index is -3.54. The Balaban J connectivity index is 0.00000385. The first-order chi connectivity index (χ1) is 15.3. The summed E-state index contributed by atoms with van der Waals surface area (Å²) in [6, 6.07) is 12.5. The van der Waals surface area contributed by atoms with Crippen LogP contribution in [0.25, 0.3) is 10.2 Å². The van der Waals surface area contributed by atoms with Crippen LogP contribution < -0.4 is 4.90 Å². The van der Waals surface area contributed by atoms with Crippen LogP contribution in [0.2, 0.25) is 0 Å². The SMILES string of the molecule is CCN(CC)CCN(C(=O)c1ccccc1S(=O)(=O)CC)c1nc2ccc(SC)cc2s1.Cl. The molecule has 0 atom stereocenters. The minimum Gasteiger partial charge on any atom is -0.302 e. The summed E-state index contributed by atoms with van der Waals surface area (Å²) in [4.78, 5) is 23.5. The van der Waals surface area contributed by atoms with Crippen molar-refractivity contribution in [2.45, 2.75) is 30.6 Å². The molecule has 0 fully saturated rings. The van der Waals surface area contributed by atoms with Gasteiger partial charge in [0, 0.05) is 18.0 Å². The lowest BCUT2D eigenvalue weighted by molar-refractivity contribution is 0.0980. The fraction of sp³-hybridized carbons (Fsp3) is 0.391. The van der Waals surface area contributed by atoms with Crippen LogP contribution in [-0.4, -0.2) is 62.4 Å². The number of hydrogen-bond acceptors (Lipinski definition) is 7. The van der Waals surface area contributed by atoms with E-state index in [1.165, 1.54) is 17.4 Å². The van der Waals surface area contributed by atoms with E-state index in [2.05, 4.69) is 24.8 Å². The first-order valence-corrected chi connectivity index (χ1v) is 14.3. The molecule has 6 nitrogen and oxygen atoms in total. The summed E-state index contributed by atoms with van der Waals surface area (Å²) in [5.41, 5.74) is 1.02. The van der Waals surface area contributed by atoms with Crippen LogP contribution in [0, 0.1) is 0 Å². The van der Waals surface area contributed by atoms with E-state index in [-0.39, 0.29) is 34.5 Å². The largest absolute Gasteiger partial charge is 0.302 e. The molecule has 1 aromatic heterocycles. The van der Waals surface area contributed by atoms with Crippen LogP contribution in [-0.2, 0) is 9.84 Å². The van der Waals surface area contributed by atoms with Gasteiger partial charge in [-0.1, -0.05) is 44.2 Å². The smallest absolute Gasteiger partial charge is 0.261 e. The van der Waals surface area contributed by atoms with E-state index in [4.69, 9.17) is 4.98 Å². The predicted octanol–water partition coefficient (Wildman–Crippen LogP) is 5.22. The van der Waals surface area contributed by atoms with Crippen molar-refractivity contribution in [3.8, 4) is 0 Å². The third-order valence-corrected chi connectivity index (χ3v) is 8.98. The molecule has 3 rings (SSSR count). The molecule has 0 radical (unpaired) electrons. The van der Waals surface area contributed by atoms with Crippen molar-refractivity contribution in [3.05, 3.63) is 48.0 Å². The Morgan fingerprint density at radius 2 is 1.76 bits per heavy atom. The molecule has 180 valence electrons. The van der Waals surface area contributed by atoms with E-state index in [1.807, 2.05) is 18.4 Å². The number of aromatic nitrogens is 1. The second-order valence-corrected chi connectivity index (χ2v) is 11.3. The molecular formula is C23H30ClN3O3S3. The standard InChI is InChI=1S/C23H29N3O3S3.ClH/c1-5-25(6-2)14-15-26(23-24-19-13-12-17(30-4)16-20(19)31-23)22(27)18-10-8-9-11-21(18)32(28,29)7-3;/h8-13,16H,5-7,14-15H2,1-4H3;1H. The van der Waals surface area contributed by atoms with Crippen LogP contribution in [0.5, 0.6) is 0 Å². The Morgan fingerprint density at radius 3 is 2.39 bits per heavy atom. The zero-order chi connectivity index (χ0) is 23.3. The van der Waals surface area contributed by atoms with Crippen molar-refractivity contribution in [1.29, 1.82) is 0 Å². The molecule has 0 N–H and O–H groups in total. The van der Waals surface area contributed by atoms with Gasteiger partial charge >= 0.3 is 0 Å². The normalized spacial score (nSPS) is 11.5. The average Bonchev–Trinajstić information content (AvgIpc) is 3.24. The monoisotopic (exact) mass is 527 g/mol. The lowest BCUT2D eigenvalue weighted by atomic mass is 10.2. The van der Waals surface area contributed by atoms with E-state index in [1.54, 1.807) is 41.8 Å². The average molecular weight is 528 g/mol. The molecule has 0 aliphatic heterocycles. The Bertz CT molecular complexity index is 1190. The predicted molar refractivity (Wildman–Crippen MR) is 142 cm³/mol. The number of rotatable bonds is 10. The number of carbonyl (C=O) groups excluding carboxylic acids is 1. The third-order valence-electron chi connectivity index (χ3n) is 5.43. The van der Waals surface area contributed by atoms with Crippen molar-refractivity contribution in [3.63, 3.8) is 0 Å². The number of nitrogens with zero attached hydrogens (tertiary/aromatic N) is 3. The van der Waals surface area contributed by atoms with E-state index in [9.17, 15) is 13.2 Å². The Hall–Kier alpha value is -1.65. The maximum absolute atomic E-state index is 13.7. The van der Waals surface area contributed by atoms with Gasteiger partial charge in [0.15, 0.2) is 15.0 Å². The Labute approximate surface area is 210 Å². The van der Waals surface area contributed by atoms with E-state index in [0.717, 1.165) is 28.2 Å². The summed E-state index contributed by atoms with van der Waals surface area (Å²) >= 11 is 3.11. The molecule has 3 aromatic rings. The molecule has 10 heteroatoms. The number of likely N-dealkylation sites (N-methyl/N-ethyl adjacent to an activating group) is 1. The zero-order valence-corrected chi connectivity index (χ0v) is 22.5. The summed E-state index contributed by atoms with van der Waals surface area (Å²) in [5, 5.41) is 0.583. The molecule has 2 aromatic carbocycles. The number of thiazole rings is 1. The summed E-state index contributed by atoms with van der Waals surface area (Å²) in [6.07, 6.45) is 2.02. The molecule has 0 aliphatic rings. The number of thioether (sulfide) groups is 1. The fourth-order valence-electron chi connectivity index (χ4n) is 3.42. The van der Waals surface area contributed by atoms with Gasteiger partial charge in [0.25, 0.3) is 5.91 Å². The van der Waals surface area contributed by atoms with Crippen molar-refractivity contribution >= 4 is 66.6 Å². The first-order valence-electron chi connectivity index (χ1n) is 10.6. The summed E-state index contributed by atoms with van der Waals surface area (Å²) < 4.78 is 26.3. The molecule has 0 unspecified atom stereocenters. The summed E-state index contributed by atoms with van der Waals surface area (Å²) in [7, 11) is -3.54. The third kappa shape index (κ3) is 6.27. The van der Waals surface area contributed by atoms with Crippen molar-refractivity contribution in [2.75, 3.05) is 43.1 Å². The fourth-order valence-corrected chi connectivity index (χ4v) is 6.05. The lowest BCUT2D eigenvalue weighted by Crippen LogP contribution is -2.39. The molecule has 1 heterocycles. The Morgan fingerprint density at radius 1 is 1.06 bits per heavy atom. The number of amides is 1. The highest BCUT2D eigenvalue weighted by atomic mass is 35.5. The van der Waals surface area contributed by atoms with Gasteiger partial charge in [-0.2, -0.15) is 0 Å². The summed E-state index contributed by atoms with van der Waals surface area (Å²) in [5.74, 6) is -0.399. The van der Waals surface area contributed by atoms with Gasteiger partial charge in [-0.05, 0) is 49.7 Å². The van der Waals surface area contributed by atoms with Crippen molar-refractivity contribution in [1.82, 2.24) is 9.88 Å². The number of sulfone groups is 1. The maximum atomic E-state index is 13.7. The van der Waals surface area contributed by atoms with Crippen LogP contribution in [0.15, 0.2) is 52.3 Å². The molecule has 0 spiro atoms. The van der Waals surface area contributed by atoms with E-state index >= 15 is 0 Å². The lowest BCUT2D eigenvalue weighted by Gasteiger charge is -2.25. The quantitative estimate of drug-likeness (QED) is 0.336. The molecular weight excluding hydrogens is 498 g/mol. The van der Waals surface area contributed by atoms with Gasteiger partial charge in [-0.15, -0.1) is 24.2 Å². The molecule has 33 heavy (non-hydrogen) atoms. The number of anilines is 1. The number of benzene rings is 2. The van der Waals surface area contributed by atoms with Gasteiger partial charge < -0.3 is 4.90 Å². The van der Waals surface area contributed by atoms with Crippen LogP contribution in [0.1, 0.15) is 31.1 Å². The second kappa shape index (κ2) is 12.2. The molecule has 1 amide bonds. The van der Waals surface area contributed by atoms with E-state index in [0.29, 0.717) is 18.2 Å². The first kappa shape index (κ1) is 27.6. The van der Waals surface area contributed by atoms with Gasteiger partial charge in [0.05, 0.1) is 26.4 Å². The number of carbonyl (C=O) groups is 1. The molecule has 0 saturated carbocycles. The van der Waals surface area contributed by atoms with Crippen LogP contribution in [0.3, 0.4) is 0 Å². The Kier molecular flexibility index (Phi) is 10.2. The highest BCUT2D eigenvalue weighted by Crippen LogP contribution is 2.33. The van der Waals surface area contributed by atoms with Crippen LogP contribution in [0.4, 0.5) is 5.13 Å². The summed E-state index contributed by atoms with van der Waals surface area (Å²) in [6.45, 7) is 8.60. The minimum absolute atomic E-state index is 0. The van der Waals surface area contributed by atoms with Gasteiger partial charge in [0.2, 0.25) is 0 Å². The van der Waals surface area contributed by atoms with Crippen molar-refractivity contribution in [2.24, 2.45) is 0 Å². The maximum Gasteiger partial charge on any atom is 0.261 e. The highest BCUT2D eigenvalue weighted by Gasteiger charge is 2.27. The zero-order valence-electron chi connectivity index (χ0n) is 19.3. The number of halogens is 1. The van der Waals surface area contributed by atoms with Crippen LogP contribution >= 0.6 is 35.5 Å². The second-order valence-electron chi connectivity index (χ2n) is 7.21. The molecule has 0 bridgehead atoms. The number of fused-ring (bicyclic) bond motifs is 1. The topological polar surface area (TPSA) is 70.6 Å². The highest BCUT2D eigenvalue weighted by molar-refractivity contribution is 7.98. The van der Waals surface area contributed by atoms with Crippen molar-refractivity contribution < 1.29 is 13.2 Å². The van der Waals surface area contributed by atoms with E-state index < -0.39 is 9.84 Å². The van der Waals surface area contributed by atoms with Gasteiger partial charge in [-0.3, -0.25) is 9.69 Å². The van der Waals surface area contributed by atoms with Gasteiger partial charge in [0.1, 0.15) is 0 Å².